The highest BCUT2D eigenvalue weighted by molar-refractivity contribution is 5.83. The number of hydrogen-bond acceptors (Lipinski definition) is 5. The van der Waals surface area contributed by atoms with Crippen LogP contribution >= 0.6 is 0 Å². The van der Waals surface area contributed by atoms with Crippen LogP contribution in [0.4, 0.5) is 0 Å². The molecule has 0 bridgehead atoms. The van der Waals surface area contributed by atoms with Crippen LogP contribution in [-0.2, 0) is 20.7 Å². The minimum absolute atomic E-state index is 0.0902. The summed E-state index contributed by atoms with van der Waals surface area (Å²) >= 11 is 0. The van der Waals surface area contributed by atoms with Gasteiger partial charge in [0.15, 0.2) is 0 Å². The summed E-state index contributed by atoms with van der Waals surface area (Å²) in [4.78, 5) is 22.5. The number of amides is 1. The van der Waals surface area contributed by atoms with Gasteiger partial charge in [-0.2, -0.15) is 0 Å². The number of benzene rings is 1. The molecule has 2 N–H and O–H groups in total. The highest BCUT2D eigenvalue weighted by Gasteiger charge is 2.34. The van der Waals surface area contributed by atoms with Crippen LogP contribution in [0.1, 0.15) is 18.9 Å². The van der Waals surface area contributed by atoms with Crippen molar-refractivity contribution in [1.29, 1.82) is 0 Å². The van der Waals surface area contributed by atoms with Crippen molar-refractivity contribution in [3.05, 3.63) is 29.8 Å². The van der Waals surface area contributed by atoms with E-state index in [-0.39, 0.29) is 6.61 Å². The maximum Gasteiger partial charge on any atom is 0.331 e. The summed E-state index contributed by atoms with van der Waals surface area (Å²) in [5, 5.41) is 11.2. The van der Waals surface area contributed by atoms with E-state index < -0.39 is 11.5 Å². The quantitative estimate of drug-likeness (QED) is 0.397. The number of aliphatic hydroxyl groups is 1. The molecule has 0 aromatic heterocycles. The maximum absolute atomic E-state index is 11.8. The molecule has 0 saturated heterocycles. The minimum atomic E-state index is -1.10. The van der Waals surface area contributed by atoms with E-state index in [1.165, 1.54) is 7.11 Å². The maximum atomic E-state index is 11.8. The standard InChI is InChI=1S/C15H21NO5/c1-15(16-11-18,14(19)20-2)10-12-4-6-13(7-5-12)21-9-3-8-17/h4-7,11,17H,3,8-10H2,1-2H3,(H,16,18)/t15-/m0/s1. The average Bonchev–Trinajstić information content (AvgIpc) is 2.48. The van der Waals surface area contributed by atoms with Gasteiger partial charge in [-0.15, -0.1) is 0 Å². The summed E-state index contributed by atoms with van der Waals surface area (Å²) in [6.07, 6.45) is 1.38. The Bertz CT molecular complexity index is 460. The van der Waals surface area contributed by atoms with Gasteiger partial charge in [-0.05, 0) is 24.6 Å². The molecule has 0 unspecified atom stereocenters. The molecule has 1 rings (SSSR count). The molecule has 21 heavy (non-hydrogen) atoms. The lowest BCUT2D eigenvalue weighted by molar-refractivity contribution is -0.148. The molecule has 0 fully saturated rings. The number of nitrogens with one attached hydrogen (secondary N) is 1. The topological polar surface area (TPSA) is 84.9 Å². The molecule has 0 aliphatic rings. The zero-order valence-electron chi connectivity index (χ0n) is 12.3. The minimum Gasteiger partial charge on any atom is -0.494 e. The lowest BCUT2D eigenvalue weighted by atomic mass is 9.93. The second-order valence-electron chi connectivity index (χ2n) is 4.83. The fourth-order valence-corrected chi connectivity index (χ4v) is 1.90. The van der Waals surface area contributed by atoms with Gasteiger partial charge in [-0.1, -0.05) is 12.1 Å². The zero-order valence-corrected chi connectivity index (χ0v) is 12.3. The van der Waals surface area contributed by atoms with E-state index in [1.807, 2.05) is 12.1 Å². The van der Waals surface area contributed by atoms with Crippen molar-refractivity contribution >= 4 is 12.4 Å². The number of ether oxygens (including phenoxy) is 2. The van der Waals surface area contributed by atoms with Crippen molar-refractivity contribution in [2.75, 3.05) is 20.3 Å². The van der Waals surface area contributed by atoms with Crippen LogP contribution in [0, 0.1) is 0 Å². The molecular formula is C15H21NO5. The molecular weight excluding hydrogens is 274 g/mol. The summed E-state index contributed by atoms with van der Waals surface area (Å²) in [6, 6.07) is 7.21. The number of aliphatic hydroxyl groups excluding tert-OH is 1. The van der Waals surface area contributed by atoms with Crippen LogP contribution < -0.4 is 10.1 Å². The van der Waals surface area contributed by atoms with Crippen LogP contribution in [0.15, 0.2) is 24.3 Å². The smallest absolute Gasteiger partial charge is 0.331 e. The van der Waals surface area contributed by atoms with Gasteiger partial charge in [0, 0.05) is 19.4 Å². The van der Waals surface area contributed by atoms with Crippen molar-refractivity contribution in [1.82, 2.24) is 5.32 Å². The van der Waals surface area contributed by atoms with Crippen molar-refractivity contribution in [2.45, 2.75) is 25.3 Å². The number of methoxy groups -OCH3 is 1. The van der Waals surface area contributed by atoms with Crippen LogP contribution in [0.25, 0.3) is 0 Å². The Kier molecular flexibility index (Phi) is 6.68. The molecule has 0 saturated carbocycles. The van der Waals surface area contributed by atoms with Crippen molar-refractivity contribution in [3.63, 3.8) is 0 Å². The van der Waals surface area contributed by atoms with E-state index in [9.17, 15) is 9.59 Å². The lowest BCUT2D eigenvalue weighted by Crippen LogP contribution is -2.51. The molecule has 116 valence electrons. The van der Waals surface area contributed by atoms with Crippen LogP contribution in [-0.4, -0.2) is 43.3 Å². The first-order valence-corrected chi connectivity index (χ1v) is 6.68. The van der Waals surface area contributed by atoms with Crippen molar-refractivity contribution in [3.8, 4) is 5.75 Å². The third-order valence-electron chi connectivity index (χ3n) is 3.07. The third kappa shape index (κ3) is 5.07. The van der Waals surface area contributed by atoms with Crippen LogP contribution in [0.2, 0.25) is 0 Å². The first-order valence-electron chi connectivity index (χ1n) is 6.68. The van der Waals surface area contributed by atoms with Gasteiger partial charge >= 0.3 is 5.97 Å². The molecule has 1 aromatic rings. The molecule has 6 nitrogen and oxygen atoms in total. The highest BCUT2D eigenvalue weighted by atomic mass is 16.5. The van der Waals surface area contributed by atoms with E-state index >= 15 is 0 Å². The molecule has 1 aromatic carbocycles. The van der Waals surface area contributed by atoms with Gasteiger partial charge in [0.25, 0.3) is 0 Å². The number of hydrogen-bond donors (Lipinski definition) is 2. The van der Waals surface area contributed by atoms with E-state index in [0.717, 1.165) is 5.56 Å². The predicted octanol–water partition coefficient (Wildman–Crippen LogP) is 0.668. The van der Waals surface area contributed by atoms with Gasteiger partial charge < -0.3 is 19.9 Å². The molecule has 0 heterocycles. The fourth-order valence-electron chi connectivity index (χ4n) is 1.90. The lowest BCUT2D eigenvalue weighted by Gasteiger charge is -2.26. The molecule has 0 aliphatic carbocycles. The Hall–Kier alpha value is -2.08. The second-order valence-corrected chi connectivity index (χ2v) is 4.83. The van der Waals surface area contributed by atoms with Crippen molar-refractivity contribution < 1.29 is 24.2 Å². The normalized spacial score (nSPS) is 13.1. The van der Waals surface area contributed by atoms with Crippen LogP contribution in [0.3, 0.4) is 0 Å². The Morgan fingerprint density at radius 2 is 2.05 bits per heavy atom. The average molecular weight is 295 g/mol. The Labute approximate surface area is 124 Å². The van der Waals surface area contributed by atoms with Crippen molar-refractivity contribution in [2.24, 2.45) is 0 Å². The number of esters is 1. The van der Waals surface area contributed by atoms with Gasteiger partial charge in [0.05, 0.1) is 13.7 Å². The first kappa shape index (κ1) is 17.0. The van der Waals surface area contributed by atoms with E-state index in [4.69, 9.17) is 14.6 Å². The molecule has 6 heteroatoms. The molecule has 0 aliphatic heterocycles. The summed E-state index contributed by atoms with van der Waals surface area (Å²) in [6.45, 7) is 2.15. The van der Waals surface area contributed by atoms with E-state index in [0.29, 0.717) is 31.6 Å². The largest absolute Gasteiger partial charge is 0.494 e. The molecule has 1 amide bonds. The van der Waals surface area contributed by atoms with Gasteiger partial charge in [0.1, 0.15) is 11.3 Å². The van der Waals surface area contributed by atoms with Gasteiger partial charge in [-0.25, -0.2) is 4.79 Å². The number of carbonyl (C=O) groups excluding carboxylic acids is 2. The fraction of sp³-hybridized carbons (Fsp3) is 0.467. The van der Waals surface area contributed by atoms with E-state index in [1.54, 1.807) is 19.1 Å². The zero-order chi connectivity index (χ0) is 15.7. The SMILES string of the molecule is COC(=O)[C@](C)(Cc1ccc(OCCCO)cc1)NC=O. The monoisotopic (exact) mass is 295 g/mol. The van der Waals surface area contributed by atoms with Gasteiger partial charge in [0.2, 0.25) is 6.41 Å². The summed E-state index contributed by atoms with van der Waals surface area (Å²) in [7, 11) is 1.28. The predicted molar refractivity (Wildman–Crippen MR) is 77.0 cm³/mol. The van der Waals surface area contributed by atoms with Gasteiger partial charge in [-0.3, -0.25) is 4.79 Å². The highest BCUT2D eigenvalue weighted by Crippen LogP contribution is 2.18. The Balaban J connectivity index is 2.72. The molecule has 0 radical (unpaired) electrons. The summed E-state index contributed by atoms with van der Waals surface area (Å²) in [5.74, 6) is 0.188. The number of carbonyl (C=O) groups is 2. The van der Waals surface area contributed by atoms with Crippen LogP contribution in [0.5, 0.6) is 5.75 Å². The summed E-state index contributed by atoms with van der Waals surface area (Å²) in [5.41, 5.74) is -0.234. The molecule has 0 spiro atoms. The molecule has 1 atom stereocenters. The Morgan fingerprint density at radius 1 is 1.38 bits per heavy atom. The van der Waals surface area contributed by atoms with E-state index in [2.05, 4.69) is 5.32 Å². The summed E-state index contributed by atoms with van der Waals surface area (Å²) < 4.78 is 10.1. The first-order chi connectivity index (χ1) is 10.1. The second kappa shape index (κ2) is 8.26. The Morgan fingerprint density at radius 3 is 2.57 bits per heavy atom. The third-order valence-corrected chi connectivity index (χ3v) is 3.07. The number of rotatable bonds is 9.